The number of hydrogen-bond acceptors (Lipinski definition) is 4. The van der Waals surface area contributed by atoms with Crippen molar-refractivity contribution in [1.29, 1.82) is 0 Å². The van der Waals surface area contributed by atoms with Crippen LogP contribution in [0.2, 0.25) is 5.02 Å². The standard InChI is InChI=1S/C25H26ClN3O3/c1-3-13-32-25(31)28-11-12-29(17(2)16-28)24(30)19-9-10-20-21(26)15-22(27-23(20)14-19)18-7-5-4-6-8-18/h4-10,14-15,17H,3,11-13,16H2,1-2H3/t17-/m0/s1. The van der Waals surface area contributed by atoms with E-state index in [9.17, 15) is 9.59 Å². The lowest BCUT2D eigenvalue weighted by Crippen LogP contribution is -2.55. The Kier molecular flexibility index (Phi) is 6.61. The second-order valence-electron chi connectivity index (χ2n) is 8.00. The Balaban J connectivity index is 1.55. The maximum absolute atomic E-state index is 13.3. The number of pyridine rings is 1. The average Bonchev–Trinajstić information content (AvgIpc) is 2.82. The fourth-order valence-corrected chi connectivity index (χ4v) is 4.21. The van der Waals surface area contributed by atoms with Crippen LogP contribution in [0.4, 0.5) is 4.79 Å². The zero-order valence-electron chi connectivity index (χ0n) is 18.3. The first kappa shape index (κ1) is 22.1. The van der Waals surface area contributed by atoms with Gasteiger partial charge in [0.05, 0.1) is 22.8 Å². The van der Waals surface area contributed by atoms with Gasteiger partial charge in [-0.2, -0.15) is 0 Å². The summed E-state index contributed by atoms with van der Waals surface area (Å²) in [6, 6.07) is 17.0. The predicted octanol–water partition coefficient (Wildman–Crippen LogP) is 5.25. The lowest BCUT2D eigenvalue weighted by atomic mass is 10.1. The van der Waals surface area contributed by atoms with E-state index < -0.39 is 0 Å². The smallest absolute Gasteiger partial charge is 0.409 e. The molecular formula is C25H26ClN3O3. The molecule has 0 bridgehead atoms. The van der Waals surface area contributed by atoms with Gasteiger partial charge in [0.1, 0.15) is 0 Å². The van der Waals surface area contributed by atoms with Gasteiger partial charge >= 0.3 is 6.09 Å². The minimum Gasteiger partial charge on any atom is -0.449 e. The third kappa shape index (κ3) is 4.55. The summed E-state index contributed by atoms with van der Waals surface area (Å²) >= 11 is 6.51. The first-order valence-electron chi connectivity index (χ1n) is 10.9. The van der Waals surface area contributed by atoms with Crippen molar-refractivity contribution in [2.24, 2.45) is 0 Å². The third-order valence-electron chi connectivity index (χ3n) is 5.65. The monoisotopic (exact) mass is 451 g/mol. The Morgan fingerprint density at radius 1 is 1.12 bits per heavy atom. The van der Waals surface area contributed by atoms with Crippen molar-refractivity contribution >= 4 is 34.5 Å². The average molecular weight is 452 g/mol. The van der Waals surface area contributed by atoms with Crippen molar-refractivity contribution < 1.29 is 14.3 Å². The van der Waals surface area contributed by atoms with E-state index in [1.165, 1.54) is 0 Å². The number of ether oxygens (including phenoxy) is 1. The van der Waals surface area contributed by atoms with Crippen molar-refractivity contribution in [1.82, 2.24) is 14.8 Å². The van der Waals surface area contributed by atoms with Gasteiger partial charge in [0.15, 0.2) is 0 Å². The van der Waals surface area contributed by atoms with Crippen LogP contribution in [0.25, 0.3) is 22.2 Å². The van der Waals surface area contributed by atoms with E-state index in [1.807, 2.05) is 56.3 Å². The Morgan fingerprint density at radius 3 is 2.62 bits per heavy atom. The Morgan fingerprint density at radius 2 is 1.91 bits per heavy atom. The largest absolute Gasteiger partial charge is 0.449 e. The van der Waals surface area contributed by atoms with Crippen LogP contribution >= 0.6 is 11.6 Å². The highest BCUT2D eigenvalue weighted by Gasteiger charge is 2.31. The highest BCUT2D eigenvalue weighted by Crippen LogP contribution is 2.29. The lowest BCUT2D eigenvalue weighted by Gasteiger charge is -2.39. The van der Waals surface area contributed by atoms with E-state index in [0.29, 0.717) is 42.3 Å². The molecule has 1 fully saturated rings. The number of amides is 2. The summed E-state index contributed by atoms with van der Waals surface area (Å²) in [6.45, 7) is 5.67. The van der Waals surface area contributed by atoms with Crippen LogP contribution < -0.4 is 0 Å². The molecule has 1 aliphatic rings. The lowest BCUT2D eigenvalue weighted by molar-refractivity contribution is 0.0414. The Bertz CT molecular complexity index is 1140. The molecule has 0 unspecified atom stereocenters. The molecule has 2 amide bonds. The number of carbonyl (C=O) groups is 2. The van der Waals surface area contributed by atoms with Crippen LogP contribution in [0, 0.1) is 0 Å². The molecular weight excluding hydrogens is 426 g/mol. The molecule has 1 saturated heterocycles. The number of piperazine rings is 1. The van der Waals surface area contributed by atoms with E-state index in [4.69, 9.17) is 21.3 Å². The number of rotatable bonds is 4. The molecule has 0 spiro atoms. The third-order valence-corrected chi connectivity index (χ3v) is 5.96. The summed E-state index contributed by atoms with van der Waals surface area (Å²) in [6.07, 6.45) is 0.468. The molecule has 3 aromatic rings. The number of hydrogen-bond donors (Lipinski definition) is 0. The molecule has 7 heteroatoms. The minimum absolute atomic E-state index is 0.0796. The summed E-state index contributed by atoms with van der Waals surface area (Å²) in [4.78, 5) is 33.6. The summed E-state index contributed by atoms with van der Waals surface area (Å²) in [5, 5.41) is 1.40. The van der Waals surface area contributed by atoms with Crippen LogP contribution in [0.15, 0.2) is 54.6 Å². The molecule has 6 nitrogen and oxygen atoms in total. The summed E-state index contributed by atoms with van der Waals surface area (Å²) in [5.41, 5.74) is 2.96. The summed E-state index contributed by atoms with van der Waals surface area (Å²) < 4.78 is 5.23. The van der Waals surface area contributed by atoms with Gasteiger partial charge in [0, 0.05) is 42.2 Å². The van der Waals surface area contributed by atoms with Crippen molar-refractivity contribution in [3.8, 4) is 11.3 Å². The van der Waals surface area contributed by atoms with Crippen molar-refractivity contribution in [3.05, 3.63) is 65.2 Å². The van der Waals surface area contributed by atoms with Crippen molar-refractivity contribution in [3.63, 3.8) is 0 Å². The van der Waals surface area contributed by atoms with E-state index in [0.717, 1.165) is 23.1 Å². The Hall–Kier alpha value is -3.12. The first-order chi connectivity index (χ1) is 15.5. The molecule has 0 aliphatic carbocycles. The first-order valence-corrected chi connectivity index (χ1v) is 11.2. The van der Waals surface area contributed by atoms with Crippen molar-refractivity contribution in [2.45, 2.75) is 26.3 Å². The number of halogens is 1. The molecule has 1 atom stereocenters. The molecule has 1 aromatic heterocycles. The number of fused-ring (bicyclic) bond motifs is 1. The van der Waals surface area contributed by atoms with Crippen LogP contribution in [0.5, 0.6) is 0 Å². The maximum Gasteiger partial charge on any atom is 0.409 e. The second-order valence-corrected chi connectivity index (χ2v) is 8.40. The van der Waals surface area contributed by atoms with Gasteiger partial charge < -0.3 is 14.5 Å². The SMILES string of the molecule is CCCOC(=O)N1CCN(C(=O)c2ccc3c(Cl)cc(-c4ccccc4)nc3c2)[C@@H](C)C1. The fraction of sp³-hybridized carbons (Fsp3) is 0.320. The van der Waals surface area contributed by atoms with Crippen LogP contribution in [0.1, 0.15) is 30.6 Å². The number of benzene rings is 2. The zero-order valence-corrected chi connectivity index (χ0v) is 19.0. The molecule has 4 rings (SSSR count). The van der Waals surface area contributed by atoms with Gasteiger partial charge in [-0.05, 0) is 31.5 Å². The molecule has 0 radical (unpaired) electrons. The zero-order chi connectivity index (χ0) is 22.7. The van der Waals surface area contributed by atoms with E-state index in [-0.39, 0.29) is 18.0 Å². The van der Waals surface area contributed by atoms with E-state index in [2.05, 4.69) is 0 Å². The summed E-state index contributed by atoms with van der Waals surface area (Å²) in [5.74, 6) is -0.0796. The normalized spacial score (nSPS) is 16.3. The van der Waals surface area contributed by atoms with E-state index >= 15 is 0 Å². The van der Waals surface area contributed by atoms with Crippen LogP contribution in [-0.2, 0) is 4.74 Å². The van der Waals surface area contributed by atoms with E-state index in [1.54, 1.807) is 21.9 Å². The molecule has 166 valence electrons. The van der Waals surface area contributed by atoms with Gasteiger partial charge in [-0.25, -0.2) is 9.78 Å². The highest BCUT2D eigenvalue weighted by molar-refractivity contribution is 6.35. The van der Waals surface area contributed by atoms with Gasteiger partial charge in [-0.1, -0.05) is 54.9 Å². The number of aromatic nitrogens is 1. The van der Waals surface area contributed by atoms with Gasteiger partial charge in [-0.15, -0.1) is 0 Å². The quantitative estimate of drug-likeness (QED) is 0.543. The fourth-order valence-electron chi connectivity index (χ4n) is 3.95. The molecule has 2 heterocycles. The van der Waals surface area contributed by atoms with Gasteiger partial charge in [-0.3, -0.25) is 4.79 Å². The van der Waals surface area contributed by atoms with Crippen LogP contribution in [0.3, 0.4) is 0 Å². The Labute approximate surface area is 192 Å². The number of nitrogens with zero attached hydrogens (tertiary/aromatic N) is 3. The molecule has 1 aliphatic heterocycles. The highest BCUT2D eigenvalue weighted by atomic mass is 35.5. The minimum atomic E-state index is -0.316. The van der Waals surface area contributed by atoms with Crippen molar-refractivity contribution in [2.75, 3.05) is 26.2 Å². The topological polar surface area (TPSA) is 62.7 Å². The summed E-state index contributed by atoms with van der Waals surface area (Å²) in [7, 11) is 0. The molecule has 0 N–H and O–H groups in total. The maximum atomic E-state index is 13.3. The molecule has 32 heavy (non-hydrogen) atoms. The second kappa shape index (κ2) is 9.57. The van der Waals surface area contributed by atoms with Gasteiger partial charge in [0.2, 0.25) is 0 Å². The van der Waals surface area contributed by atoms with Crippen LogP contribution in [-0.4, -0.2) is 59.1 Å². The van der Waals surface area contributed by atoms with Gasteiger partial charge in [0.25, 0.3) is 5.91 Å². The predicted molar refractivity (Wildman–Crippen MR) is 126 cm³/mol. The number of carbonyl (C=O) groups excluding carboxylic acids is 2. The molecule has 2 aromatic carbocycles. The molecule has 0 saturated carbocycles.